The first-order valence-electron chi connectivity index (χ1n) is 5.58. The first-order chi connectivity index (χ1) is 8.56. The molecule has 1 unspecified atom stereocenters. The Morgan fingerprint density at radius 1 is 1.17 bits per heavy atom. The Bertz CT molecular complexity index is 363. The molecular weight excluding hydrogens is 302 g/mol. The maximum atomic E-state index is 9.97. The highest BCUT2D eigenvalue weighted by Gasteiger charge is 2.28. The van der Waals surface area contributed by atoms with Gasteiger partial charge in [-0.1, -0.05) is 28.1 Å². The van der Waals surface area contributed by atoms with Crippen LogP contribution in [0.2, 0.25) is 0 Å². The third-order valence-electron chi connectivity index (χ3n) is 2.81. The van der Waals surface area contributed by atoms with Gasteiger partial charge in [0.2, 0.25) is 0 Å². The monoisotopic (exact) mass is 319 g/mol. The van der Waals surface area contributed by atoms with E-state index in [9.17, 15) is 5.11 Å². The number of β-amino-alcohol motifs (C(OH)–C–C–N with tert-alkyl or cyclic N) is 1. The first kappa shape index (κ1) is 15.6. The lowest BCUT2D eigenvalue weighted by Gasteiger charge is -2.30. The fourth-order valence-electron chi connectivity index (χ4n) is 1.46. The molecule has 1 rings (SSSR count). The van der Waals surface area contributed by atoms with Crippen LogP contribution in [0.4, 0.5) is 0 Å². The van der Waals surface area contributed by atoms with Crippen LogP contribution >= 0.6 is 15.9 Å². The van der Waals surface area contributed by atoms with Crippen LogP contribution in [-0.2, 0) is 0 Å². The van der Waals surface area contributed by atoms with Gasteiger partial charge in [0.05, 0.1) is 31.5 Å². The van der Waals surface area contributed by atoms with Crippen LogP contribution in [0.15, 0.2) is 28.7 Å². The largest absolute Gasteiger partial charge is 0.394 e. The van der Waals surface area contributed by atoms with Gasteiger partial charge in [0.15, 0.2) is 0 Å². The summed E-state index contributed by atoms with van der Waals surface area (Å²) in [6.07, 6.45) is -0.786. The van der Waals surface area contributed by atoms with Gasteiger partial charge >= 0.3 is 0 Å². The van der Waals surface area contributed by atoms with Crippen molar-refractivity contribution in [1.29, 1.82) is 0 Å². The van der Waals surface area contributed by atoms with E-state index < -0.39 is 31.5 Å². The summed E-state index contributed by atoms with van der Waals surface area (Å²) >= 11 is 3.31. The van der Waals surface area contributed by atoms with Gasteiger partial charge in [-0.25, -0.2) is 0 Å². The van der Waals surface area contributed by atoms with Crippen molar-refractivity contribution in [3.05, 3.63) is 34.3 Å². The van der Waals surface area contributed by atoms with Crippen molar-refractivity contribution in [2.24, 2.45) is 0 Å². The molecule has 1 aromatic rings. The average molecular weight is 320 g/mol. The Morgan fingerprint density at radius 3 is 2.28 bits per heavy atom. The van der Waals surface area contributed by atoms with E-state index in [2.05, 4.69) is 21.2 Å². The molecule has 0 bridgehead atoms. The second-order valence-corrected chi connectivity index (χ2v) is 5.12. The molecule has 0 saturated heterocycles. The first-order valence-corrected chi connectivity index (χ1v) is 6.37. The van der Waals surface area contributed by atoms with Crippen molar-refractivity contribution in [2.45, 2.75) is 11.6 Å². The average Bonchev–Trinajstić information content (AvgIpc) is 2.40. The highest BCUT2D eigenvalue weighted by atomic mass is 79.9. The van der Waals surface area contributed by atoms with Crippen molar-refractivity contribution in [2.75, 3.05) is 26.4 Å². The Kier molecular flexibility index (Phi) is 6.20. The van der Waals surface area contributed by atoms with E-state index in [1.807, 2.05) is 6.07 Å². The van der Waals surface area contributed by atoms with Gasteiger partial charge in [0.1, 0.15) is 0 Å². The molecule has 0 radical (unpaired) electrons. The molecule has 0 aliphatic rings. The number of hydrogen-bond acceptors (Lipinski definition) is 5. The number of benzene rings is 1. The summed E-state index contributed by atoms with van der Waals surface area (Å²) in [5.74, 6) is 0. The zero-order valence-electron chi connectivity index (χ0n) is 9.88. The van der Waals surface area contributed by atoms with Gasteiger partial charge in [0.25, 0.3) is 0 Å². The Morgan fingerprint density at radius 2 is 1.78 bits per heavy atom. The molecular formula is C12H18BrNO4. The van der Waals surface area contributed by atoms with Crippen LogP contribution in [0, 0.1) is 0 Å². The minimum absolute atomic E-state index is 0.123. The van der Waals surface area contributed by atoms with Crippen molar-refractivity contribution in [3.8, 4) is 0 Å². The van der Waals surface area contributed by atoms with E-state index >= 15 is 0 Å². The lowest BCUT2D eigenvalue weighted by atomic mass is 10.0. The Balaban J connectivity index is 2.62. The molecule has 102 valence electrons. The molecule has 0 aromatic heterocycles. The van der Waals surface area contributed by atoms with Crippen LogP contribution in [0.25, 0.3) is 0 Å². The summed E-state index contributed by atoms with van der Waals surface area (Å²) in [5.41, 5.74) is -0.466. The van der Waals surface area contributed by atoms with Gasteiger partial charge in [-0.15, -0.1) is 0 Å². The fraction of sp³-hybridized carbons (Fsp3) is 0.500. The topological polar surface area (TPSA) is 93.0 Å². The van der Waals surface area contributed by atoms with Crippen LogP contribution in [0.1, 0.15) is 11.7 Å². The molecule has 1 atom stereocenters. The molecule has 0 fully saturated rings. The summed E-state index contributed by atoms with van der Waals surface area (Å²) in [5, 5.41) is 40.1. The van der Waals surface area contributed by atoms with Crippen LogP contribution in [0.5, 0.6) is 0 Å². The van der Waals surface area contributed by atoms with Crippen molar-refractivity contribution >= 4 is 15.9 Å². The quantitative estimate of drug-likeness (QED) is 0.479. The van der Waals surface area contributed by atoms with Crippen molar-refractivity contribution in [1.82, 2.24) is 5.32 Å². The predicted octanol–water partition coefficient (Wildman–Crippen LogP) is -0.212. The zero-order valence-corrected chi connectivity index (χ0v) is 11.5. The number of rotatable bonds is 7. The highest BCUT2D eigenvalue weighted by Crippen LogP contribution is 2.18. The number of hydrogen-bond donors (Lipinski definition) is 5. The molecule has 0 spiro atoms. The van der Waals surface area contributed by atoms with Gasteiger partial charge in [-0.2, -0.15) is 0 Å². The summed E-state index contributed by atoms with van der Waals surface area (Å²) in [4.78, 5) is 0. The third kappa shape index (κ3) is 4.01. The van der Waals surface area contributed by atoms with E-state index in [0.29, 0.717) is 5.56 Å². The SMILES string of the molecule is OCC(CO)(CO)NCC(O)c1cccc(Br)c1. The molecule has 18 heavy (non-hydrogen) atoms. The third-order valence-corrected chi connectivity index (χ3v) is 3.31. The summed E-state index contributed by atoms with van der Waals surface area (Å²) in [6.45, 7) is -1.11. The molecule has 0 saturated carbocycles. The molecule has 0 aliphatic heterocycles. The second-order valence-electron chi connectivity index (χ2n) is 4.21. The van der Waals surface area contributed by atoms with E-state index in [4.69, 9.17) is 15.3 Å². The van der Waals surface area contributed by atoms with Crippen molar-refractivity contribution in [3.63, 3.8) is 0 Å². The number of aliphatic hydroxyl groups excluding tert-OH is 4. The highest BCUT2D eigenvalue weighted by molar-refractivity contribution is 9.10. The van der Waals surface area contributed by atoms with Gasteiger partial charge in [-0.05, 0) is 17.7 Å². The summed E-state index contributed by atoms with van der Waals surface area (Å²) < 4.78 is 0.858. The number of nitrogens with one attached hydrogen (secondary N) is 1. The predicted molar refractivity (Wildman–Crippen MR) is 71.1 cm³/mol. The molecule has 1 aromatic carbocycles. The van der Waals surface area contributed by atoms with Crippen LogP contribution in [-0.4, -0.2) is 52.3 Å². The molecule has 0 aliphatic carbocycles. The maximum Gasteiger partial charge on any atom is 0.0915 e. The molecule has 5 nitrogen and oxygen atoms in total. The summed E-state index contributed by atoms with van der Waals surface area (Å²) in [7, 11) is 0. The van der Waals surface area contributed by atoms with Gasteiger partial charge in [0, 0.05) is 11.0 Å². The van der Waals surface area contributed by atoms with Gasteiger partial charge in [-0.3, -0.25) is 0 Å². The minimum Gasteiger partial charge on any atom is -0.394 e. The number of halogens is 1. The maximum absolute atomic E-state index is 9.97. The lowest BCUT2D eigenvalue weighted by molar-refractivity contribution is 0.0322. The zero-order chi connectivity index (χ0) is 13.6. The number of aliphatic hydroxyl groups is 4. The normalized spacial score (nSPS) is 13.6. The van der Waals surface area contributed by atoms with E-state index in [0.717, 1.165) is 4.47 Å². The van der Waals surface area contributed by atoms with Crippen LogP contribution < -0.4 is 5.32 Å². The Hall–Kier alpha value is -0.500. The second kappa shape index (κ2) is 7.18. The van der Waals surface area contributed by atoms with E-state index in [1.54, 1.807) is 18.2 Å². The van der Waals surface area contributed by atoms with E-state index in [-0.39, 0.29) is 6.54 Å². The lowest BCUT2D eigenvalue weighted by Crippen LogP contribution is -2.55. The van der Waals surface area contributed by atoms with Crippen molar-refractivity contribution < 1.29 is 20.4 Å². The molecule has 5 N–H and O–H groups in total. The fourth-order valence-corrected chi connectivity index (χ4v) is 1.88. The standard InChI is InChI=1S/C12H18BrNO4/c13-10-3-1-2-9(4-10)11(18)5-14-12(6-15,7-16)8-17/h1-4,11,14-18H,5-8H2. The van der Waals surface area contributed by atoms with Crippen LogP contribution in [0.3, 0.4) is 0 Å². The Labute approximate surface area is 114 Å². The molecule has 0 amide bonds. The molecule has 6 heteroatoms. The molecule has 0 heterocycles. The minimum atomic E-state index is -1.17. The smallest absolute Gasteiger partial charge is 0.0915 e. The van der Waals surface area contributed by atoms with Gasteiger partial charge < -0.3 is 25.7 Å². The summed E-state index contributed by atoms with van der Waals surface area (Å²) in [6, 6.07) is 7.21. The van der Waals surface area contributed by atoms with E-state index in [1.165, 1.54) is 0 Å².